The van der Waals surface area contributed by atoms with E-state index in [2.05, 4.69) is 10.6 Å². The van der Waals surface area contributed by atoms with Crippen LogP contribution in [0.25, 0.3) is 0 Å². The number of carbonyl (C=O) groups excluding carboxylic acids is 2. The third-order valence-electron chi connectivity index (χ3n) is 5.11. The van der Waals surface area contributed by atoms with Crippen molar-refractivity contribution in [2.24, 2.45) is 5.92 Å². The summed E-state index contributed by atoms with van der Waals surface area (Å²) >= 11 is 0. The number of hydrogen-bond donors (Lipinski definition) is 3. The summed E-state index contributed by atoms with van der Waals surface area (Å²) in [6.45, 7) is 6.30. The van der Waals surface area contributed by atoms with Crippen LogP contribution in [0.5, 0.6) is 0 Å². The lowest BCUT2D eigenvalue weighted by Crippen LogP contribution is -2.50. The summed E-state index contributed by atoms with van der Waals surface area (Å²) < 4.78 is 39.2. The van der Waals surface area contributed by atoms with Crippen molar-refractivity contribution in [1.82, 2.24) is 10.5 Å². The second kappa shape index (κ2) is 9.14. The largest absolute Gasteiger partial charge is 0.381 e. The molecule has 0 unspecified atom stereocenters. The van der Waals surface area contributed by atoms with Gasteiger partial charge in [-0.05, 0) is 30.9 Å². The van der Waals surface area contributed by atoms with Crippen molar-refractivity contribution in [2.75, 3.05) is 18.5 Å². The number of nitrogens with one attached hydrogen (secondary N) is 3. The van der Waals surface area contributed by atoms with E-state index in [1.54, 1.807) is 0 Å². The molecule has 2 aromatic rings. The van der Waals surface area contributed by atoms with Crippen LogP contribution in [0, 0.1) is 17.6 Å². The van der Waals surface area contributed by atoms with Crippen LogP contribution in [0.4, 0.5) is 14.5 Å². The second-order valence-electron chi connectivity index (χ2n) is 8.53. The van der Waals surface area contributed by atoms with Crippen LogP contribution in [0.2, 0.25) is 19.6 Å². The van der Waals surface area contributed by atoms with Crippen molar-refractivity contribution < 1.29 is 27.6 Å². The zero-order chi connectivity index (χ0) is 22.8. The first-order valence-corrected chi connectivity index (χ1v) is 13.4. The van der Waals surface area contributed by atoms with Gasteiger partial charge in [-0.3, -0.25) is 14.4 Å². The van der Waals surface area contributed by atoms with E-state index in [4.69, 9.17) is 9.26 Å². The van der Waals surface area contributed by atoms with E-state index >= 15 is 0 Å². The number of aromatic amines is 1. The summed E-state index contributed by atoms with van der Waals surface area (Å²) in [7, 11) is -2.26. The SMILES string of the molecule is C[Si](C)(C)c1c(F)cc(NC(=O)[C@H](NC(=O)c2cc(=O)[nH]o2)C2CCOCC2)cc1F. The first-order chi connectivity index (χ1) is 14.6. The average molecular weight is 454 g/mol. The lowest BCUT2D eigenvalue weighted by molar-refractivity contribution is -0.120. The lowest BCUT2D eigenvalue weighted by Gasteiger charge is -2.30. The highest BCUT2D eigenvalue weighted by Crippen LogP contribution is 2.22. The molecule has 0 bridgehead atoms. The maximum Gasteiger partial charge on any atom is 0.290 e. The summed E-state index contributed by atoms with van der Waals surface area (Å²) in [5.74, 6) is -3.34. The summed E-state index contributed by atoms with van der Waals surface area (Å²) in [5.41, 5.74) is -0.632. The van der Waals surface area contributed by atoms with E-state index < -0.39 is 43.1 Å². The molecule has 2 amide bonds. The van der Waals surface area contributed by atoms with E-state index in [9.17, 15) is 23.2 Å². The third-order valence-corrected chi connectivity index (χ3v) is 7.09. The van der Waals surface area contributed by atoms with Crippen molar-refractivity contribution in [3.63, 3.8) is 0 Å². The normalized spacial score (nSPS) is 16.0. The van der Waals surface area contributed by atoms with Gasteiger partial charge in [0.2, 0.25) is 11.7 Å². The molecule has 1 fully saturated rings. The van der Waals surface area contributed by atoms with E-state index in [-0.39, 0.29) is 22.6 Å². The number of H-pyrrole nitrogens is 1. The second-order valence-corrected chi connectivity index (χ2v) is 13.5. The molecule has 1 aromatic heterocycles. The minimum Gasteiger partial charge on any atom is -0.381 e. The fourth-order valence-corrected chi connectivity index (χ4v) is 5.21. The molecule has 3 N–H and O–H groups in total. The van der Waals surface area contributed by atoms with Gasteiger partial charge in [0.25, 0.3) is 11.5 Å². The Morgan fingerprint density at radius 2 is 1.74 bits per heavy atom. The van der Waals surface area contributed by atoms with Crippen LogP contribution >= 0.6 is 0 Å². The Hall–Kier alpha value is -2.79. The monoisotopic (exact) mass is 453 g/mol. The maximum absolute atomic E-state index is 14.6. The predicted molar refractivity (Wildman–Crippen MR) is 112 cm³/mol. The van der Waals surface area contributed by atoms with E-state index in [0.29, 0.717) is 26.1 Å². The molecule has 0 aliphatic carbocycles. The minimum atomic E-state index is -2.26. The lowest BCUT2D eigenvalue weighted by atomic mass is 9.91. The zero-order valence-electron chi connectivity index (χ0n) is 17.5. The highest BCUT2D eigenvalue weighted by Gasteiger charge is 2.33. The highest BCUT2D eigenvalue weighted by atomic mass is 28.3. The molecule has 1 atom stereocenters. The molecular formula is C20H25F2N3O5Si. The number of carbonyl (C=O) groups is 2. The predicted octanol–water partition coefficient (Wildman–Crippen LogP) is 1.95. The minimum absolute atomic E-state index is 0.0403. The molecule has 1 aliphatic heterocycles. The highest BCUT2D eigenvalue weighted by molar-refractivity contribution is 6.88. The molecule has 31 heavy (non-hydrogen) atoms. The van der Waals surface area contributed by atoms with Gasteiger partial charge in [0.15, 0.2) is 0 Å². The molecule has 1 saturated heterocycles. The van der Waals surface area contributed by atoms with Crippen molar-refractivity contribution in [1.29, 1.82) is 0 Å². The first kappa shape index (κ1) is 22.9. The van der Waals surface area contributed by atoms with E-state index in [1.807, 2.05) is 24.8 Å². The molecular weight excluding hydrogens is 428 g/mol. The Morgan fingerprint density at radius 3 is 2.26 bits per heavy atom. The number of benzene rings is 1. The van der Waals surface area contributed by atoms with Gasteiger partial charge >= 0.3 is 0 Å². The van der Waals surface area contributed by atoms with Gasteiger partial charge in [0.05, 0.1) is 14.1 Å². The Balaban J connectivity index is 1.83. The molecule has 168 valence electrons. The zero-order valence-corrected chi connectivity index (χ0v) is 18.5. The Kier molecular flexibility index (Phi) is 6.75. The topological polar surface area (TPSA) is 113 Å². The van der Waals surface area contributed by atoms with Crippen LogP contribution in [-0.4, -0.2) is 44.3 Å². The number of hydrogen-bond acceptors (Lipinski definition) is 5. The van der Waals surface area contributed by atoms with Gasteiger partial charge in [-0.2, -0.15) is 5.16 Å². The van der Waals surface area contributed by atoms with Crippen LogP contribution in [-0.2, 0) is 9.53 Å². The van der Waals surface area contributed by atoms with Gasteiger partial charge in [0, 0.05) is 24.1 Å². The van der Waals surface area contributed by atoms with Crippen molar-refractivity contribution in [2.45, 2.75) is 38.5 Å². The molecule has 1 aliphatic rings. The average Bonchev–Trinajstić information content (AvgIpc) is 3.11. The molecule has 0 spiro atoms. The van der Waals surface area contributed by atoms with Crippen molar-refractivity contribution >= 4 is 30.8 Å². The molecule has 0 radical (unpaired) electrons. The Labute approximate surface area is 178 Å². The van der Waals surface area contributed by atoms with Gasteiger partial charge in [-0.25, -0.2) is 8.78 Å². The quantitative estimate of drug-likeness (QED) is 0.579. The summed E-state index contributed by atoms with van der Waals surface area (Å²) in [6, 6.07) is 2.12. The Bertz CT molecular complexity index is 1000. The first-order valence-electron chi connectivity index (χ1n) is 9.94. The molecule has 0 saturated carbocycles. The molecule has 1 aromatic carbocycles. The van der Waals surface area contributed by atoms with Crippen LogP contribution in [0.1, 0.15) is 23.4 Å². The molecule has 2 heterocycles. The summed E-state index contributed by atoms with van der Waals surface area (Å²) in [5, 5.41) is 7.13. The number of aromatic nitrogens is 1. The number of halogens is 2. The van der Waals surface area contributed by atoms with Gasteiger partial charge < -0.3 is 19.9 Å². The van der Waals surface area contributed by atoms with Gasteiger partial charge in [0.1, 0.15) is 17.7 Å². The molecule has 11 heteroatoms. The van der Waals surface area contributed by atoms with Crippen molar-refractivity contribution in [3.8, 4) is 0 Å². The third kappa shape index (κ3) is 5.47. The molecule has 3 rings (SSSR count). The van der Waals surface area contributed by atoms with Crippen LogP contribution in [0.15, 0.2) is 27.5 Å². The van der Waals surface area contributed by atoms with Gasteiger partial charge in [-0.15, -0.1) is 0 Å². The number of amides is 2. The summed E-state index contributed by atoms with van der Waals surface area (Å²) in [4.78, 5) is 36.7. The standard InChI is InChI=1S/C20H25F2N3O5Si/c1-31(2,3)18-13(21)8-12(9-14(18)22)23-20(28)17(11-4-6-29-7-5-11)24-19(27)15-10-16(26)25-30-15/h8-11,17H,4-7H2,1-3H3,(H,23,28)(H,24,27)(H,25,26)/t17-/m1/s1. The smallest absolute Gasteiger partial charge is 0.290 e. The fourth-order valence-electron chi connectivity index (χ4n) is 3.64. The number of anilines is 1. The van der Waals surface area contributed by atoms with Crippen LogP contribution < -0.4 is 21.4 Å². The number of ether oxygens (including phenoxy) is 1. The van der Waals surface area contributed by atoms with Gasteiger partial charge in [-0.1, -0.05) is 19.6 Å². The molecule has 8 nitrogen and oxygen atoms in total. The maximum atomic E-state index is 14.6. The van der Waals surface area contributed by atoms with Crippen molar-refractivity contribution in [3.05, 3.63) is 45.9 Å². The fraction of sp³-hybridized carbons (Fsp3) is 0.450. The summed E-state index contributed by atoms with van der Waals surface area (Å²) in [6.07, 6.45) is 1.01. The van der Waals surface area contributed by atoms with E-state index in [0.717, 1.165) is 18.2 Å². The Morgan fingerprint density at radius 1 is 1.13 bits per heavy atom. The van der Waals surface area contributed by atoms with Crippen LogP contribution in [0.3, 0.4) is 0 Å². The number of rotatable bonds is 6. The van der Waals surface area contributed by atoms with E-state index in [1.165, 1.54) is 0 Å².